The lowest BCUT2D eigenvalue weighted by Crippen LogP contribution is -2.39. The minimum Gasteiger partial charge on any atom is -0.478 e. The molecule has 1 unspecified atom stereocenters. The Morgan fingerprint density at radius 2 is 1.78 bits per heavy atom. The molecule has 1 N–H and O–H groups in total. The Morgan fingerprint density at radius 1 is 1.17 bits per heavy atom. The molecule has 1 aromatic carbocycles. The van der Waals surface area contributed by atoms with Crippen LogP contribution in [0.1, 0.15) is 35.3 Å². The lowest BCUT2D eigenvalue weighted by Gasteiger charge is -2.10. The molecule has 0 amide bonds. The Hall–Kier alpha value is -2.16. The van der Waals surface area contributed by atoms with Crippen molar-refractivity contribution in [2.24, 2.45) is 0 Å². The van der Waals surface area contributed by atoms with E-state index in [2.05, 4.69) is 19.1 Å². The van der Waals surface area contributed by atoms with Crippen molar-refractivity contribution in [3.05, 3.63) is 66.0 Å². The molecule has 18 heavy (non-hydrogen) atoms. The molecule has 1 atom stereocenters. The summed E-state index contributed by atoms with van der Waals surface area (Å²) in [6.07, 6.45) is 4.61. The van der Waals surface area contributed by atoms with E-state index in [-0.39, 0.29) is 6.04 Å². The lowest BCUT2D eigenvalue weighted by molar-refractivity contribution is -0.714. The van der Waals surface area contributed by atoms with Gasteiger partial charge in [-0.25, -0.2) is 4.79 Å². The largest absolute Gasteiger partial charge is 0.478 e. The number of carboxylic acid groups (broad SMARTS) is 1. The summed E-state index contributed by atoms with van der Waals surface area (Å²) in [6.45, 7) is 2.12. The van der Waals surface area contributed by atoms with Gasteiger partial charge in [-0.15, -0.1) is 0 Å². The van der Waals surface area contributed by atoms with Crippen LogP contribution in [0.3, 0.4) is 0 Å². The van der Waals surface area contributed by atoms with Gasteiger partial charge < -0.3 is 5.11 Å². The quantitative estimate of drug-likeness (QED) is 0.837. The first-order valence-corrected chi connectivity index (χ1v) is 6.01. The van der Waals surface area contributed by atoms with Gasteiger partial charge in [0.1, 0.15) is 0 Å². The second kappa shape index (κ2) is 5.45. The molecular formula is C15H16NO2+. The molecule has 0 spiro atoms. The van der Waals surface area contributed by atoms with Crippen LogP contribution in [-0.4, -0.2) is 11.1 Å². The second-order valence-corrected chi connectivity index (χ2v) is 4.17. The molecule has 1 heterocycles. The zero-order chi connectivity index (χ0) is 13.0. The summed E-state index contributed by atoms with van der Waals surface area (Å²) in [7, 11) is 0. The van der Waals surface area contributed by atoms with Crippen LogP contribution in [0, 0.1) is 0 Å². The Balaban J connectivity index is 2.31. The molecule has 0 saturated heterocycles. The molecule has 3 heteroatoms. The van der Waals surface area contributed by atoms with Gasteiger partial charge in [-0.3, -0.25) is 0 Å². The fourth-order valence-electron chi connectivity index (χ4n) is 2.08. The van der Waals surface area contributed by atoms with Crippen molar-refractivity contribution in [2.45, 2.75) is 19.4 Å². The van der Waals surface area contributed by atoms with E-state index in [1.54, 1.807) is 12.1 Å². The van der Waals surface area contributed by atoms with Crippen LogP contribution in [0.25, 0.3) is 0 Å². The number of aromatic carboxylic acids is 1. The van der Waals surface area contributed by atoms with Crippen molar-refractivity contribution in [1.82, 2.24) is 0 Å². The normalized spacial score (nSPS) is 12.1. The van der Waals surface area contributed by atoms with Crippen molar-refractivity contribution >= 4 is 5.97 Å². The summed E-state index contributed by atoms with van der Waals surface area (Å²) in [4.78, 5) is 10.8. The van der Waals surface area contributed by atoms with Gasteiger partial charge in [0.05, 0.1) is 5.56 Å². The third-order valence-corrected chi connectivity index (χ3v) is 3.03. The highest BCUT2D eigenvalue weighted by molar-refractivity contribution is 5.87. The highest BCUT2D eigenvalue weighted by atomic mass is 16.4. The highest BCUT2D eigenvalue weighted by Crippen LogP contribution is 2.15. The van der Waals surface area contributed by atoms with Crippen LogP contribution >= 0.6 is 0 Å². The van der Waals surface area contributed by atoms with E-state index in [0.29, 0.717) is 5.56 Å². The van der Waals surface area contributed by atoms with Gasteiger partial charge in [0.25, 0.3) is 0 Å². The lowest BCUT2D eigenvalue weighted by atomic mass is 10.0. The minimum atomic E-state index is -0.894. The average molecular weight is 242 g/mol. The number of hydrogen-bond acceptors (Lipinski definition) is 1. The van der Waals surface area contributed by atoms with Crippen LogP contribution in [0.4, 0.5) is 0 Å². The second-order valence-electron chi connectivity index (χ2n) is 4.17. The number of rotatable bonds is 4. The average Bonchev–Trinajstić information content (AvgIpc) is 2.41. The smallest absolute Gasteiger partial charge is 0.336 e. The third-order valence-electron chi connectivity index (χ3n) is 3.03. The molecule has 0 radical (unpaired) electrons. The van der Waals surface area contributed by atoms with Crippen LogP contribution in [-0.2, 0) is 0 Å². The van der Waals surface area contributed by atoms with E-state index in [1.807, 2.05) is 35.2 Å². The summed E-state index contributed by atoms with van der Waals surface area (Å²) in [5, 5.41) is 8.88. The van der Waals surface area contributed by atoms with E-state index in [4.69, 9.17) is 5.11 Å². The van der Waals surface area contributed by atoms with Crippen molar-refractivity contribution < 1.29 is 14.5 Å². The topological polar surface area (TPSA) is 41.2 Å². The van der Waals surface area contributed by atoms with E-state index in [0.717, 1.165) is 6.42 Å². The van der Waals surface area contributed by atoms with Crippen LogP contribution in [0.5, 0.6) is 0 Å². The summed E-state index contributed by atoms with van der Waals surface area (Å²) in [5.41, 5.74) is 1.54. The van der Waals surface area contributed by atoms with Crippen molar-refractivity contribution in [3.63, 3.8) is 0 Å². The van der Waals surface area contributed by atoms with Crippen molar-refractivity contribution in [2.75, 3.05) is 0 Å². The molecule has 0 aliphatic rings. The highest BCUT2D eigenvalue weighted by Gasteiger charge is 2.18. The monoisotopic (exact) mass is 242 g/mol. The van der Waals surface area contributed by atoms with Crippen LogP contribution < -0.4 is 4.57 Å². The zero-order valence-electron chi connectivity index (χ0n) is 10.3. The maximum absolute atomic E-state index is 10.8. The Kier molecular flexibility index (Phi) is 3.72. The number of pyridine rings is 1. The number of aromatic nitrogens is 1. The zero-order valence-corrected chi connectivity index (χ0v) is 10.3. The Bertz CT molecular complexity index is 520. The van der Waals surface area contributed by atoms with E-state index in [9.17, 15) is 4.79 Å². The first-order chi connectivity index (χ1) is 8.72. The van der Waals surface area contributed by atoms with E-state index >= 15 is 0 Å². The number of hydrogen-bond donors (Lipinski definition) is 1. The fourth-order valence-corrected chi connectivity index (χ4v) is 2.08. The molecule has 2 aromatic rings. The molecule has 3 nitrogen and oxygen atoms in total. The molecular weight excluding hydrogens is 226 g/mol. The van der Waals surface area contributed by atoms with Gasteiger partial charge in [-0.05, 0) is 0 Å². The molecule has 0 aliphatic carbocycles. The Labute approximate surface area is 106 Å². The molecule has 0 saturated carbocycles. The van der Waals surface area contributed by atoms with Crippen molar-refractivity contribution in [3.8, 4) is 0 Å². The standard InChI is InChI=1S/C15H15NO2/c1-2-14(12-6-4-3-5-7-12)16-10-8-13(9-11-16)15(17)18/h3-11,14H,2H2,1H3/p+1. The van der Waals surface area contributed by atoms with Gasteiger partial charge in [0, 0.05) is 24.1 Å². The predicted octanol–water partition coefficient (Wildman–Crippen LogP) is 2.67. The van der Waals surface area contributed by atoms with Crippen LogP contribution in [0.15, 0.2) is 54.9 Å². The Morgan fingerprint density at radius 3 is 2.28 bits per heavy atom. The number of benzene rings is 1. The molecule has 0 bridgehead atoms. The molecule has 0 fully saturated rings. The first-order valence-electron chi connectivity index (χ1n) is 6.01. The predicted molar refractivity (Wildman–Crippen MR) is 68.5 cm³/mol. The minimum absolute atomic E-state index is 0.244. The third kappa shape index (κ3) is 2.56. The SMILES string of the molecule is CCC(c1ccccc1)[n+]1ccc(C(=O)O)cc1. The molecule has 2 rings (SSSR count). The molecule has 0 aliphatic heterocycles. The fraction of sp³-hybridized carbons (Fsp3) is 0.200. The van der Waals surface area contributed by atoms with Crippen molar-refractivity contribution in [1.29, 1.82) is 0 Å². The van der Waals surface area contributed by atoms with Gasteiger partial charge >= 0.3 is 5.97 Å². The van der Waals surface area contributed by atoms with Gasteiger partial charge in [0.15, 0.2) is 18.4 Å². The summed E-state index contributed by atoms with van der Waals surface area (Å²) in [5.74, 6) is -0.894. The molecule has 92 valence electrons. The number of nitrogens with zero attached hydrogens (tertiary/aromatic N) is 1. The summed E-state index contributed by atoms with van der Waals surface area (Å²) >= 11 is 0. The van der Waals surface area contributed by atoms with E-state index in [1.165, 1.54) is 5.56 Å². The first kappa shape index (κ1) is 12.3. The van der Waals surface area contributed by atoms with Gasteiger partial charge in [-0.1, -0.05) is 37.3 Å². The van der Waals surface area contributed by atoms with Gasteiger partial charge in [-0.2, -0.15) is 4.57 Å². The van der Waals surface area contributed by atoms with Gasteiger partial charge in [0.2, 0.25) is 0 Å². The summed E-state index contributed by atoms with van der Waals surface area (Å²) < 4.78 is 2.04. The number of carbonyl (C=O) groups is 1. The van der Waals surface area contributed by atoms with E-state index < -0.39 is 5.97 Å². The molecule has 1 aromatic heterocycles. The summed E-state index contributed by atoms with van der Waals surface area (Å²) in [6, 6.07) is 13.7. The maximum Gasteiger partial charge on any atom is 0.336 e. The van der Waals surface area contributed by atoms with Crippen LogP contribution in [0.2, 0.25) is 0 Å². The number of carboxylic acids is 1. The maximum atomic E-state index is 10.8.